The lowest BCUT2D eigenvalue weighted by molar-refractivity contribution is 0.468. The van der Waals surface area contributed by atoms with Crippen molar-refractivity contribution in [1.82, 2.24) is 20.3 Å². The largest absolute Gasteiger partial charge is 0.451 e. The average Bonchev–Trinajstić information content (AvgIpc) is 3.42. The van der Waals surface area contributed by atoms with Crippen molar-refractivity contribution in [3.63, 3.8) is 0 Å². The molecular weight excluding hydrogens is 316 g/mol. The number of nitrogens with two attached hydrogens (primary N) is 1. The predicted octanol–water partition coefficient (Wildman–Crippen LogP) is 2.88. The Balaban J connectivity index is 1.89. The summed E-state index contributed by atoms with van der Waals surface area (Å²) in [5.41, 5.74) is 7.90. The number of likely N-dealkylation sites (N-methyl/N-ethyl adjacent to an activating group) is 1. The minimum atomic E-state index is 0.219. The van der Waals surface area contributed by atoms with Gasteiger partial charge in [-0.1, -0.05) is 13.8 Å². The third kappa shape index (κ3) is 4.36. The number of nitrogen functional groups attached to an aromatic ring is 1. The molecule has 2 aromatic heterocycles. The zero-order valence-electron chi connectivity index (χ0n) is 15.0. The minimum Gasteiger partial charge on any atom is -0.451 e. The number of nitrogens with one attached hydrogen (secondary N) is 2. The standard InChI is InChI=1S/C18H26N6O/c1-11(2)13-9-22-14(12-4-5-12)8-15(13)25-16-10-23-18(19)24-17(16)21-7-6-20-3/h8-12,20H,4-7H2,1-3H3,(H3,19,21,23,24). The van der Waals surface area contributed by atoms with Gasteiger partial charge in [0.05, 0.1) is 6.20 Å². The van der Waals surface area contributed by atoms with Crippen molar-refractivity contribution in [2.24, 2.45) is 0 Å². The fraction of sp³-hybridized carbons (Fsp3) is 0.500. The fourth-order valence-electron chi connectivity index (χ4n) is 2.60. The molecule has 0 spiro atoms. The van der Waals surface area contributed by atoms with Crippen molar-refractivity contribution < 1.29 is 4.74 Å². The van der Waals surface area contributed by atoms with E-state index in [1.54, 1.807) is 6.20 Å². The van der Waals surface area contributed by atoms with Crippen LogP contribution >= 0.6 is 0 Å². The van der Waals surface area contributed by atoms with Crippen LogP contribution in [0.2, 0.25) is 0 Å². The monoisotopic (exact) mass is 342 g/mol. The molecule has 7 nitrogen and oxygen atoms in total. The Morgan fingerprint density at radius 1 is 1.20 bits per heavy atom. The highest BCUT2D eigenvalue weighted by molar-refractivity contribution is 5.54. The number of nitrogens with zero attached hydrogens (tertiary/aromatic N) is 3. The van der Waals surface area contributed by atoms with E-state index in [4.69, 9.17) is 10.5 Å². The third-order valence-corrected chi connectivity index (χ3v) is 4.20. The summed E-state index contributed by atoms with van der Waals surface area (Å²) in [6.45, 7) is 5.78. The van der Waals surface area contributed by atoms with Crippen molar-refractivity contribution >= 4 is 11.8 Å². The highest BCUT2D eigenvalue weighted by Gasteiger charge is 2.26. The topological polar surface area (TPSA) is 98.0 Å². The van der Waals surface area contributed by atoms with Crippen LogP contribution in [-0.4, -0.2) is 35.1 Å². The molecule has 1 fully saturated rings. The number of aromatic nitrogens is 3. The molecule has 134 valence electrons. The van der Waals surface area contributed by atoms with Crippen molar-refractivity contribution in [3.8, 4) is 11.5 Å². The number of ether oxygens (including phenoxy) is 1. The molecule has 7 heteroatoms. The first-order valence-electron chi connectivity index (χ1n) is 8.77. The first-order chi connectivity index (χ1) is 12.1. The summed E-state index contributed by atoms with van der Waals surface area (Å²) in [7, 11) is 1.90. The maximum absolute atomic E-state index is 6.20. The molecule has 1 aliphatic carbocycles. The molecule has 4 N–H and O–H groups in total. The van der Waals surface area contributed by atoms with Crippen LogP contribution in [0.1, 0.15) is 49.8 Å². The van der Waals surface area contributed by atoms with Crippen LogP contribution in [0.5, 0.6) is 11.5 Å². The maximum Gasteiger partial charge on any atom is 0.222 e. The van der Waals surface area contributed by atoms with Crippen molar-refractivity contribution in [1.29, 1.82) is 0 Å². The van der Waals surface area contributed by atoms with Gasteiger partial charge in [-0.15, -0.1) is 0 Å². The normalized spacial score (nSPS) is 13.9. The SMILES string of the molecule is CNCCNc1nc(N)ncc1Oc1cc(C2CC2)ncc1C(C)C. The quantitative estimate of drug-likeness (QED) is 0.634. The van der Waals surface area contributed by atoms with Crippen LogP contribution in [0.25, 0.3) is 0 Å². The molecule has 0 aromatic carbocycles. The summed E-state index contributed by atoms with van der Waals surface area (Å²) >= 11 is 0. The van der Waals surface area contributed by atoms with Gasteiger partial charge >= 0.3 is 0 Å². The lowest BCUT2D eigenvalue weighted by Crippen LogP contribution is -2.19. The van der Waals surface area contributed by atoms with Crippen LogP contribution in [0.4, 0.5) is 11.8 Å². The molecule has 25 heavy (non-hydrogen) atoms. The molecular formula is C18H26N6O. The van der Waals surface area contributed by atoms with E-state index in [1.807, 2.05) is 13.2 Å². The summed E-state index contributed by atoms with van der Waals surface area (Å²) in [6.07, 6.45) is 5.95. The molecule has 0 bridgehead atoms. The van der Waals surface area contributed by atoms with Crippen molar-refractivity contribution in [2.45, 2.75) is 38.5 Å². The molecule has 0 atom stereocenters. The van der Waals surface area contributed by atoms with Crippen molar-refractivity contribution in [2.75, 3.05) is 31.2 Å². The van der Waals surface area contributed by atoms with Crippen LogP contribution in [-0.2, 0) is 0 Å². The van der Waals surface area contributed by atoms with Crippen LogP contribution in [0.3, 0.4) is 0 Å². The second-order valence-electron chi connectivity index (χ2n) is 6.65. The molecule has 1 aliphatic rings. The lowest BCUT2D eigenvalue weighted by Gasteiger charge is -2.17. The van der Waals surface area contributed by atoms with Gasteiger partial charge in [-0.05, 0) is 25.8 Å². The summed E-state index contributed by atoms with van der Waals surface area (Å²) in [6, 6.07) is 2.06. The molecule has 0 radical (unpaired) electrons. The molecule has 0 aliphatic heterocycles. The molecule has 2 aromatic rings. The smallest absolute Gasteiger partial charge is 0.222 e. The molecule has 0 amide bonds. The van der Waals surface area contributed by atoms with E-state index in [0.29, 0.717) is 29.9 Å². The maximum atomic E-state index is 6.20. The van der Waals surface area contributed by atoms with Gasteiger partial charge in [-0.25, -0.2) is 4.98 Å². The minimum absolute atomic E-state index is 0.219. The van der Waals surface area contributed by atoms with Crippen LogP contribution < -0.4 is 21.1 Å². The average molecular weight is 342 g/mol. The second-order valence-corrected chi connectivity index (χ2v) is 6.65. The Bertz CT molecular complexity index is 730. The lowest BCUT2D eigenvalue weighted by atomic mass is 10.0. The van der Waals surface area contributed by atoms with E-state index in [0.717, 1.165) is 23.6 Å². The van der Waals surface area contributed by atoms with E-state index in [2.05, 4.69) is 45.5 Å². The Kier molecular flexibility index (Phi) is 5.33. The van der Waals surface area contributed by atoms with E-state index >= 15 is 0 Å². The van der Waals surface area contributed by atoms with Gasteiger partial charge < -0.3 is 21.1 Å². The molecule has 0 unspecified atom stereocenters. The molecule has 3 rings (SSSR count). The summed E-state index contributed by atoms with van der Waals surface area (Å²) in [5.74, 6) is 3.08. The van der Waals surface area contributed by atoms with Gasteiger partial charge in [0.15, 0.2) is 11.6 Å². The van der Waals surface area contributed by atoms with Gasteiger partial charge in [0.1, 0.15) is 5.75 Å². The highest BCUT2D eigenvalue weighted by atomic mass is 16.5. The van der Waals surface area contributed by atoms with E-state index in [9.17, 15) is 0 Å². The Morgan fingerprint density at radius 2 is 2.00 bits per heavy atom. The van der Waals surface area contributed by atoms with Gasteiger partial charge in [0, 0.05) is 42.5 Å². The Labute approximate surface area is 148 Å². The van der Waals surface area contributed by atoms with Gasteiger partial charge in [-0.2, -0.15) is 4.98 Å². The summed E-state index contributed by atoms with van der Waals surface area (Å²) in [5, 5.41) is 6.33. The fourth-order valence-corrected chi connectivity index (χ4v) is 2.60. The molecule has 0 saturated heterocycles. The number of pyridine rings is 1. The van der Waals surface area contributed by atoms with E-state index < -0.39 is 0 Å². The summed E-state index contributed by atoms with van der Waals surface area (Å²) in [4.78, 5) is 13.0. The van der Waals surface area contributed by atoms with Gasteiger partial charge in [0.25, 0.3) is 0 Å². The van der Waals surface area contributed by atoms with Gasteiger partial charge in [-0.3, -0.25) is 4.98 Å². The van der Waals surface area contributed by atoms with E-state index in [1.165, 1.54) is 12.8 Å². The number of rotatable bonds is 8. The Hall–Kier alpha value is -2.41. The number of hydrogen-bond acceptors (Lipinski definition) is 7. The number of anilines is 2. The zero-order chi connectivity index (χ0) is 17.8. The summed E-state index contributed by atoms with van der Waals surface area (Å²) < 4.78 is 6.20. The van der Waals surface area contributed by atoms with Crippen LogP contribution in [0, 0.1) is 0 Å². The van der Waals surface area contributed by atoms with E-state index in [-0.39, 0.29) is 5.95 Å². The second kappa shape index (κ2) is 7.65. The highest BCUT2D eigenvalue weighted by Crippen LogP contribution is 2.42. The molecule has 2 heterocycles. The van der Waals surface area contributed by atoms with Gasteiger partial charge in [0.2, 0.25) is 5.95 Å². The molecule has 1 saturated carbocycles. The first-order valence-corrected chi connectivity index (χ1v) is 8.77. The predicted molar refractivity (Wildman–Crippen MR) is 99.2 cm³/mol. The third-order valence-electron chi connectivity index (χ3n) is 4.20. The zero-order valence-corrected chi connectivity index (χ0v) is 15.0. The van der Waals surface area contributed by atoms with Crippen molar-refractivity contribution in [3.05, 3.63) is 29.7 Å². The van der Waals surface area contributed by atoms with Crippen LogP contribution in [0.15, 0.2) is 18.5 Å². The Morgan fingerprint density at radius 3 is 2.68 bits per heavy atom. The first kappa shape index (κ1) is 17.4. The number of hydrogen-bond donors (Lipinski definition) is 3.